The molecule has 0 amide bonds. The van der Waals surface area contributed by atoms with E-state index in [2.05, 4.69) is 5.16 Å². The molecule has 1 aromatic heterocycles. The Morgan fingerprint density at radius 3 is 2.82 bits per heavy atom. The molecule has 2 rings (SSSR count). The van der Waals surface area contributed by atoms with Crippen LogP contribution in [-0.4, -0.2) is 18.0 Å². The van der Waals surface area contributed by atoms with Gasteiger partial charge in [-0.25, -0.2) is 0 Å². The lowest BCUT2D eigenvalue weighted by Crippen LogP contribution is -1.92. The average Bonchev–Trinajstić information content (AvgIpc) is 2.78. The van der Waals surface area contributed by atoms with E-state index in [-0.39, 0.29) is 5.78 Å². The summed E-state index contributed by atoms with van der Waals surface area (Å²) in [7, 11) is 1.63. The van der Waals surface area contributed by atoms with E-state index < -0.39 is 0 Å². The van der Waals surface area contributed by atoms with Crippen LogP contribution in [0.25, 0.3) is 0 Å². The lowest BCUT2D eigenvalue weighted by Gasteiger charge is -2.05. The number of methoxy groups -OCH3 is 1. The first kappa shape index (κ1) is 11.4. The van der Waals surface area contributed by atoms with Gasteiger partial charge in [0, 0.05) is 25.0 Å². The highest BCUT2D eigenvalue weighted by atomic mass is 16.5. The van der Waals surface area contributed by atoms with Crippen LogP contribution >= 0.6 is 0 Å². The van der Waals surface area contributed by atoms with E-state index >= 15 is 0 Å². The molecular weight excluding hydrogens is 218 g/mol. The van der Waals surface area contributed by atoms with Crippen LogP contribution in [0.3, 0.4) is 0 Å². The van der Waals surface area contributed by atoms with Gasteiger partial charge in [-0.2, -0.15) is 0 Å². The van der Waals surface area contributed by atoms with Crippen molar-refractivity contribution in [3.63, 3.8) is 0 Å². The van der Waals surface area contributed by atoms with E-state index in [0.29, 0.717) is 17.9 Å². The van der Waals surface area contributed by atoms with Gasteiger partial charge in [-0.3, -0.25) is 4.79 Å². The van der Waals surface area contributed by atoms with Crippen molar-refractivity contribution in [1.82, 2.24) is 5.16 Å². The van der Waals surface area contributed by atoms with Crippen LogP contribution in [0, 0.1) is 0 Å². The first-order valence-corrected chi connectivity index (χ1v) is 5.29. The quantitative estimate of drug-likeness (QED) is 0.758. The standard InChI is InChI=1S/C13H13NO3/c1-9(15)12-8-11(17-14-12)7-10-5-3-4-6-13(10)16-2/h3-6,8H,7H2,1-2H3. The third kappa shape index (κ3) is 2.53. The second-order valence-corrected chi connectivity index (χ2v) is 3.72. The van der Waals surface area contributed by atoms with Gasteiger partial charge in [0.25, 0.3) is 0 Å². The Labute approximate surface area is 99.2 Å². The molecule has 0 saturated carbocycles. The van der Waals surface area contributed by atoms with Gasteiger partial charge < -0.3 is 9.26 Å². The number of carbonyl (C=O) groups is 1. The van der Waals surface area contributed by atoms with Crippen LogP contribution in [0.5, 0.6) is 5.75 Å². The smallest absolute Gasteiger partial charge is 0.181 e. The number of ether oxygens (including phenoxy) is 1. The highest BCUT2D eigenvalue weighted by Gasteiger charge is 2.10. The highest BCUT2D eigenvalue weighted by molar-refractivity contribution is 5.91. The summed E-state index contributed by atoms with van der Waals surface area (Å²) < 4.78 is 10.3. The van der Waals surface area contributed by atoms with Crippen LogP contribution in [-0.2, 0) is 6.42 Å². The zero-order valence-electron chi connectivity index (χ0n) is 9.77. The maximum absolute atomic E-state index is 11.1. The maximum atomic E-state index is 11.1. The fraction of sp³-hybridized carbons (Fsp3) is 0.231. The molecule has 0 N–H and O–H groups in total. The van der Waals surface area contributed by atoms with E-state index in [1.54, 1.807) is 13.2 Å². The summed E-state index contributed by atoms with van der Waals surface area (Å²) in [6, 6.07) is 9.34. The molecule has 0 fully saturated rings. The molecule has 88 valence electrons. The van der Waals surface area contributed by atoms with E-state index in [0.717, 1.165) is 11.3 Å². The average molecular weight is 231 g/mol. The summed E-state index contributed by atoms with van der Waals surface area (Å²) in [5, 5.41) is 3.70. The predicted molar refractivity (Wildman–Crippen MR) is 62.3 cm³/mol. The summed E-state index contributed by atoms with van der Waals surface area (Å²) in [5.74, 6) is 1.35. The number of nitrogens with zero attached hydrogens (tertiary/aromatic N) is 1. The minimum Gasteiger partial charge on any atom is -0.496 e. The number of carbonyl (C=O) groups excluding carboxylic acids is 1. The van der Waals surface area contributed by atoms with Crippen LogP contribution in [0.1, 0.15) is 28.7 Å². The van der Waals surface area contributed by atoms with E-state index in [4.69, 9.17) is 9.26 Å². The lowest BCUT2D eigenvalue weighted by atomic mass is 10.1. The summed E-state index contributed by atoms with van der Waals surface area (Å²) in [4.78, 5) is 11.1. The van der Waals surface area contributed by atoms with Crippen molar-refractivity contribution in [3.8, 4) is 5.75 Å². The zero-order chi connectivity index (χ0) is 12.3. The van der Waals surface area contributed by atoms with Crippen molar-refractivity contribution in [2.75, 3.05) is 7.11 Å². The van der Waals surface area contributed by atoms with Gasteiger partial charge in [-0.15, -0.1) is 0 Å². The molecule has 0 aliphatic carbocycles. The van der Waals surface area contributed by atoms with Crippen molar-refractivity contribution in [1.29, 1.82) is 0 Å². The Balaban J connectivity index is 2.22. The van der Waals surface area contributed by atoms with Crippen molar-refractivity contribution < 1.29 is 14.1 Å². The second kappa shape index (κ2) is 4.82. The summed E-state index contributed by atoms with van der Waals surface area (Å²) >= 11 is 0. The Morgan fingerprint density at radius 2 is 2.18 bits per heavy atom. The SMILES string of the molecule is COc1ccccc1Cc1cc(C(C)=O)no1. The van der Waals surface area contributed by atoms with Crippen LogP contribution in [0.2, 0.25) is 0 Å². The fourth-order valence-electron chi connectivity index (χ4n) is 1.60. The number of hydrogen-bond acceptors (Lipinski definition) is 4. The number of Topliss-reactive ketones (excluding diaryl/α,β-unsaturated/α-hetero) is 1. The van der Waals surface area contributed by atoms with Crippen molar-refractivity contribution in [2.24, 2.45) is 0 Å². The molecule has 0 atom stereocenters. The zero-order valence-corrected chi connectivity index (χ0v) is 9.77. The first-order valence-electron chi connectivity index (χ1n) is 5.29. The molecule has 0 radical (unpaired) electrons. The minimum atomic E-state index is -0.0972. The van der Waals surface area contributed by atoms with Crippen molar-refractivity contribution in [2.45, 2.75) is 13.3 Å². The number of aromatic nitrogens is 1. The monoisotopic (exact) mass is 231 g/mol. The van der Waals surface area contributed by atoms with Gasteiger partial charge in [-0.1, -0.05) is 23.4 Å². The molecule has 1 heterocycles. The van der Waals surface area contributed by atoms with E-state index in [9.17, 15) is 4.79 Å². The van der Waals surface area contributed by atoms with Gasteiger partial charge in [-0.05, 0) is 6.07 Å². The van der Waals surface area contributed by atoms with Gasteiger partial charge in [0.1, 0.15) is 17.2 Å². The maximum Gasteiger partial charge on any atom is 0.181 e. The summed E-state index contributed by atoms with van der Waals surface area (Å²) in [6.07, 6.45) is 0.560. The molecule has 2 aromatic rings. The fourth-order valence-corrected chi connectivity index (χ4v) is 1.60. The molecular formula is C13H13NO3. The first-order chi connectivity index (χ1) is 8.20. The number of benzene rings is 1. The van der Waals surface area contributed by atoms with Crippen LogP contribution < -0.4 is 4.74 Å². The predicted octanol–water partition coefficient (Wildman–Crippen LogP) is 2.48. The lowest BCUT2D eigenvalue weighted by molar-refractivity contribution is 0.100. The molecule has 0 saturated heterocycles. The molecule has 0 bridgehead atoms. The van der Waals surface area contributed by atoms with E-state index in [1.807, 2.05) is 24.3 Å². The largest absolute Gasteiger partial charge is 0.496 e. The topological polar surface area (TPSA) is 52.3 Å². The number of ketones is 1. The molecule has 0 aliphatic rings. The van der Waals surface area contributed by atoms with Crippen molar-refractivity contribution in [3.05, 3.63) is 47.3 Å². The number of hydrogen-bond donors (Lipinski definition) is 0. The molecule has 0 spiro atoms. The molecule has 4 heteroatoms. The third-order valence-corrected chi connectivity index (χ3v) is 2.48. The highest BCUT2D eigenvalue weighted by Crippen LogP contribution is 2.21. The Hall–Kier alpha value is -2.10. The van der Waals surface area contributed by atoms with Gasteiger partial charge in [0.2, 0.25) is 0 Å². The van der Waals surface area contributed by atoms with Gasteiger partial charge >= 0.3 is 0 Å². The Bertz CT molecular complexity index is 531. The molecule has 0 unspecified atom stereocenters. The van der Waals surface area contributed by atoms with Crippen molar-refractivity contribution >= 4 is 5.78 Å². The summed E-state index contributed by atoms with van der Waals surface area (Å²) in [5.41, 5.74) is 1.36. The van der Waals surface area contributed by atoms with Gasteiger partial charge in [0.15, 0.2) is 5.78 Å². The van der Waals surface area contributed by atoms with Gasteiger partial charge in [0.05, 0.1) is 7.11 Å². The van der Waals surface area contributed by atoms with Crippen LogP contribution in [0.15, 0.2) is 34.9 Å². The van der Waals surface area contributed by atoms with E-state index in [1.165, 1.54) is 6.92 Å². The normalized spacial score (nSPS) is 10.2. The molecule has 1 aromatic carbocycles. The summed E-state index contributed by atoms with van der Waals surface area (Å²) in [6.45, 7) is 1.46. The Kier molecular flexibility index (Phi) is 3.23. The minimum absolute atomic E-state index is 0.0972. The molecule has 4 nitrogen and oxygen atoms in total. The molecule has 0 aliphatic heterocycles. The number of para-hydroxylation sites is 1. The second-order valence-electron chi connectivity index (χ2n) is 3.72. The molecule has 17 heavy (non-hydrogen) atoms. The Morgan fingerprint density at radius 1 is 1.41 bits per heavy atom. The van der Waals surface area contributed by atoms with Crippen LogP contribution in [0.4, 0.5) is 0 Å². The number of rotatable bonds is 4. The third-order valence-electron chi connectivity index (χ3n) is 2.48.